The lowest BCUT2D eigenvalue weighted by Gasteiger charge is -2.60. The molecule has 24 heavy (non-hydrogen) atoms. The van der Waals surface area contributed by atoms with Crippen molar-refractivity contribution in [1.82, 2.24) is 0 Å². The molecule has 0 aliphatic heterocycles. The molecule has 4 saturated carbocycles. The molecule has 4 rings (SSSR count). The molecule has 0 spiro atoms. The summed E-state index contributed by atoms with van der Waals surface area (Å²) in [7, 11) is 0. The van der Waals surface area contributed by atoms with Crippen LogP contribution in [0.25, 0.3) is 0 Å². The Bertz CT molecular complexity index is 566. The van der Waals surface area contributed by atoms with Crippen LogP contribution >= 0.6 is 0 Å². The minimum absolute atomic E-state index is 0.165. The predicted octanol–water partition coefficient (Wildman–Crippen LogP) is 5.05. The quantitative estimate of drug-likeness (QED) is 0.674. The van der Waals surface area contributed by atoms with Crippen molar-refractivity contribution < 1.29 is 9.59 Å². The Labute approximate surface area is 147 Å². The third kappa shape index (κ3) is 2.13. The lowest BCUT2D eigenvalue weighted by Crippen LogP contribution is -2.56. The van der Waals surface area contributed by atoms with Crippen molar-refractivity contribution in [1.29, 1.82) is 0 Å². The third-order valence-corrected chi connectivity index (χ3v) is 9.21. The van der Waals surface area contributed by atoms with Crippen molar-refractivity contribution >= 4 is 11.6 Å². The molecule has 0 heterocycles. The molecule has 4 fully saturated rings. The first-order chi connectivity index (χ1) is 11.3. The van der Waals surface area contributed by atoms with Gasteiger partial charge in [0.25, 0.3) is 0 Å². The van der Waals surface area contributed by atoms with Gasteiger partial charge in [-0.1, -0.05) is 27.2 Å². The number of fused-ring (bicyclic) bond motifs is 5. The topological polar surface area (TPSA) is 34.1 Å². The van der Waals surface area contributed by atoms with Crippen molar-refractivity contribution in [3.8, 4) is 0 Å². The summed E-state index contributed by atoms with van der Waals surface area (Å²) < 4.78 is 0. The highest BCUT2D eigenvalue weighted by molar-refractivity contribution is 5.83. The average molecular weight is 331 g/mol. The fraction of sp³-hybridized carbons (Fsp3) is 0.909. The van der Waals surface area contributed by atoms with Crippen LogP contribution in [0.3, 0.4) is 0 Å². The summed E-state index contributed by atoms with van der Waals surface area (Å²) in [6, 6.07) is 0. The highest BCUT2D eigenvalue weighted by Gasteiger charge is 2.62. The van der Waals surface area contributed by atoms with E-state index in [1.807, 2.05) is 0 Å². The van der Waals surface area contributed by atoms with Crippen LogP contribution in [0.5, 0.6) is 0 Å². The molecule has 2 heteroatoms. The summed E-state index contributed by atoms with van der Waals surface area (Å²) in [6.45, 7) is 8.93. The fourth-order valence-corrected chi connectivity index (χ4v) is 7.90. The molecule has 4 aliphatic carbocycles. The van der Waals surface area contributed by atoms with E-state index < -0.39 is 0 Å². The van der Waals surface area contributed by atoms with E-state index in [2.05, 4.69) is 20.8 Å². The Kier molecular flexibility index (Phi) is 3.79. The molecule has 2 nitrogen and oxygen atoms in total. The summed E-state index contributed by atoms with van der Waals surface area (Å²) in [5.74, 6) is 4.09. The molecule has 5 unspecified atom stereocenters. The number of carbonyl (C=O) groups excluding carboxylic acids is 2. The van der Waals surface area contributed by atoms with Gasteiger partial charge in [-0.25, -0.2) is 0 Å². The molecule has 0 saturated heterocycles. The van der Waals surface area contributed by atoms with E-state index in [1.165, 1.54) is 32.1 Å². The van der Waals surface area contributed by atoms with Crippen LogP contribution in [0.15, 0.2) is 0 Å². The number of hydrogen-bond donors (Lipinski definition) is 0. The maximum absolute atomic E-state index is 13.1. The van der Waals surface area contributed by atoms with E-state index in [1.54, 1.807) is 6.92 Å². The van der Waals surface area contributed by atoms with Gasteiger partial charge in [0, 0.05) is 18.3 Å². The fourth-order valence-electron chi connectivity index (χ4n) is 7.90. The van der Waals surface area contributed by atoms with Crippen LogP contribution in [0.1, 0.15) is 79.1 Å². The summed E-state index contributed by atoms with van der Waals surface area (Å²) in [5, 5.41) is 0. The van der Waals surface area contributed by atoms with Crippen LogP contribution in [-0.4, -0.2) is 11.6 Å². The number of ketones is 2. The van der Waals surface area contributed by atoms with Gasteiger partial charge in [0.2, 0.25) is 0 Å². The molecule has 4 aliphatic rings. The monoisotopic (exact) mass is 330 g/mol. The van der Waals surface area contributed by atoms with Crippen molar-refractivity contribution in [3.05, 3.63) is 0 Å². The molecule has 0 radical (unpaired) electrons. The van der Waals surface area contributed by atoms with Gasteiger partial charge < -0.3 is 0 Å². The first kappa shape index (κ1) is 16.8. The normalized spacial score (nSPS) is 53.9. The average Bonchev–Trinajstić information content (AvgIpc) is 2.87. The second kappa shape index (κ2) is 5.42. The molecular weight excluding hydrogens is 296 g/mol. The summed E-state index contributed by atoms with van der Waals surface area (Å²) in [6.07, 6.45) is 9.15. The highest BCUT2D eigenvalue weighted by atomic mass is 16.1. The minimum atomic E-state index is 0.165. The van der Waals surface area contributed by atoms with E-state index in [4.69, 9.17) is 0 Å². The Hall–Kier alpha value is -0.660. The second-order valence-electron chi connectivity index (χ2n) is 10.3. The number of hydrogen-bond acceptors (Lipinski definition) is 2. The van der Waals surface area contributed by atoms with Crippen molar-refractivity contribution in [2.45, 2.75) is 79.1 Å². The van der Waals surface area contributed by atoms with Gasteiger partial charge in [0.1, 0.15) is 11.6 Å². The second-order valence-corrected chi connectivity index (χ2v) is 10.3. The molecule has 0 amide bonds. The van der Waals surface area contributed by atoms with E-state index in [-0.39, 0.29) is 16.7 Å². The third-order valence-electron chi connectivity index (χ3n) is 9.21. The van der Waals surface area contributed by atoms with Crippen LogP contribution in [-0.2, 0) is 9.59 Å². The summed E-state index contributed by atoms with van der Waals surface area (Å²) in [4.78, 5) is 25.3. The van der Waals surface area contributed by atoms with E-state index in [0.717, 1.165) is 25.2 Å². The molecule has 0 aromatic carbocycles. The van der Waals surface area contributed by atoms with Crippen LogP contribution < -0.4 is 0 Å². The van der Waals surface area contributed by atoms with Gasteiger partial charge in [0.15, 0.2) is 0 Å². The zero-order valence-corrected chi connectivity index (χ0v) is 15.9. The highest BCUT2D eigenvalue weighted by Crippen LogP contribution is 2.67. The zero-order valence-electron chi connectivity index (χ0n) is 15.9. The Balaban J connectivity index is 1.67. The molecule has 0 N–H and O–H groups in total. The molecule has 0 aromatic heterocycles. The molecule has 8 atom stereocenters. The Morgan fingerprint density at radius 1 is 1.00 bits per heavy atom. The van der Waals surface area contributed by atoms with Crippen molar-refractivity contribution in [2.75, 3.05) is 0 Å². The maximum atomic E-state index is 13.1. The van der Waals surface area contributed by atoms with Gasteiger partial charge in [0.05, 0.1) is 0 Å². The molecule has 0 bridgehead atoms. The summed E-state index contributed by atoms with van der Waals surface area (Å²) in [5.41, 5.74) is 0.403. The first-order valence-electron chi connectivity index (χ1n) is 10.3. The minimum Gasteiger partial charge on any atom is -0.300 e. The van der Waals surface area contributed by atoms with Crippen LogP contribution in [0, 0.1) is 46.3 Å². The standard InChI is InChI=1S/C22H34O2/c1-13-7-9-22(4)18-8-10-21(3)16(14(2)23)5-6-17(21)15(18)12-20(24)19(22)11-13/h13,15-19H,5-12H2,1-4H3/t13?,15?,16-,17?,18?,19?,21-,22-/m1/s1. The first-order valence-corrected chi connectivity index (χ1v) is 10.3. The number of Topliss-reactive ketones (excluding diaryl/α,β-unsaturated/α-hetero) is 2. The van der Waals surface area contributed by atoms with Gasteiger partial charge in [-0.05, 0) is 80.0 Å². The van der Waals surface area contributed by atoms with E-state index in [9.17, 15) is 9.59 Å². The number of carbonyl (C=O) groups is 2. The SMILES string of the molecule is CC(=O)[C@H]1CCC2C3CC(=O)C4CC(C)CC[C@]4(C)C3CC[C@@]21C. The van der Waals surface area contributed by atoms with Crippen molar-refractivity contribution in [2.24, 2.45) is 46.3 Å². The zero-order chi connectivity index (χ0) is 17.3. The molecule has 134 valence electrons. The van der Waals surface area contributed by atoms with Crippen molar-refractivity contribution in [3.63, 3.8) is 0 Å². The summed E-state index contributed by atoms with van der Waals surface area (Å²) >= 11 is 0. The number of rotatable bonds is 1. The van der Waals surface area contributed by atoms with Gasteiger partial charge >= 0.3 is 0 Å². The predicted molar refractivity (Wildman–Crippen MR) is 95.5 cm³/mol. The van der Waals surface area contributed by atoms with E-state index >= 15 is 0 Å². The van der Waals surface area contributed by atoms with Gasteiger partial charge in [-0.15, -0.1) is 0 Å². The largest absolute Gasteiger partial charge is 0.300 e. The molecule has 0 aromatic rings. The van der Waals surface area contributed by atoms with Crippen LogP contribution in [0.2, 0.25) is 0 Å². The lowest BCUT2D eigenvalue weighted by molar-refractivity contribution is -0.156. The van der Waals surface area contributed by atoms with Crippen LogP contribution in [0.4, 0.5) is 0 Å². The van der Waals surface area contributed by atoms with Gasteiger partial charge in [-0.2, -0.15) is 0 Å². The Morgan fingerprint density at radius 3 is 2.38 bits per heavy atom. The van der Waals surface area contributed by atoms with Gasteiger partial charge in [-0.3, -0.25) is 9.59 Å². The lowest BCUT2D eigenvalue weighted by atomic mass is 9.44. The van der Waals surface area contributed by atoms with E-state index in [0.29, 0.717) is 35.2 Å². The molecular formula is C22H34O2. The Morgan fingerprint density at radius 2 is 1.67 bits per heavy atom. The maximum Gasteiger partial charge on any atom is 0.136 e. The smallest absolute Gasteiger partial charge is 0.136 e.